The van der Waals surface area contributed by atoms with E-state index < -0.39 is 0 Å². The van der Waals surface area contributed by atoms with Crippen LogP contribution in [0.4, 0.5) is 10.5 Å². The Balaban J connectivity index is 1.46. The maximum Gasteiger partial charge on any atom is 0.322 e. The number of aromatic nitrogens is 1. The number of rotatable bonds is 6. The molecule has 2 heterocycles. The summed E-state index contributed by atoms with van der Waals surface area (Å²) in [5, 5.41) is 3.09. The van der Waals surface area contributed by atoms with E-state index in [1.54, 1.807) is 0 Å². The number of pyridine rings is 1. The number of amides is 2. The third-order valence-corrected chi connectivity index (χ3v) is 6.59. The fourth-order valence-corrected chi connectivity index (χ4v) is 4.59. The standard InChI is InChI=1S/C26H29BrN4O/c1-20-8-7-11-22(28-20)19-31(26(32)29-25-13-6-5-12-24(25)27)23-14-16-30(17-15-23)18-21-9-3-2-4-10-21/h2-13,23H,14-19H2,1H3,(H,29,32). The van der Waals surface area contributed by atoms with E-state index >= 15 is 0 Å². The van der Waals surface area contributed by atoms with E-state index in [4.69, 9.17) is 0 Å². The van der Waals surface area contributed by atoms with Gasteiger partial charge in [-0.05, 0) is 65.5 Å². The van der Waals surface area contributed by atoms with Crippen LogP contribution in [0, 0.1) is 6.92 Å². The lowest BCUT2D eigenvalue weighted by molar-refractivity contribution is 0.119. The molecule has 0 radical (unpaired) electrons. The van der Waals surface area contributed by atoms with Crippen molar-refractivity contribution < 1.29 is 4.79 Å². The SMILES string of the molecule is Cc1cccc(CN(C(=O)Nc2ccccc2Br)C2CCN(Cc3ccccc3)CC2)n1. The molecule has 5 nitrogen and oxygen atoms in total. The zero-order chi connectivity index (χ0) is 22.3. The molecule has 4 rings (SSSR count). The summed E-state index contributed by atoms with van der Waals surface area (Å²) in [6.45, 7) is 5.38. The predicted molar refractivity (Wildman–Crippen MR) is 132 cm³/mol. The van der Waals surface area contributed by atoms with Crippen molar-refractivity contribution >= 4 is 27.6 Å². The molecule has 1 N–H and O–H groups in total. The highest BCUT2D eigenvalue weighted by molar-refractivity contribution is 9.10. The quantitative estimate of drug-likeness (QED) is 0.469. The summed E-state index contributed by atoms with van der Waals surface area (Å²) < 4.78 is 0.875. The summed E-state index contributed by atoms with van der Waals surface area (Å²) in [4.78, 5) is 22.5. The number of aryl methyl sites for hydroxylation is 1. The molecule has 1 saturated heterocycles. The number of likely N-dealkylation sites (tertiary alicyclic amines) is 1. The fraction of sp³-hybridized carbons (Fsp3) is 0.308. The number of benzene rings is 2. The van der Waals surface area contributed by atoms with Crippen LogP contribution in [0.5, 0.6) is 0 Å². The number of carbonyl (C=O) groups is 1. The number of nitrogens with one attached hydrogen (secondary N) is 1. The third-order valence-electron chi connectivity index (χ3n) is 5.90. The number of para-hydroxylation sites is 1. The van der Waals surface area contributed by atoms with Gasteiger partial charge in [-0.2, -0.15) is 0 Å². The number of piperidine rings is 1. The first-order valence-electron chi connectivity index (χ1n) is 11.1. The van der Waals surface area contributed by atoms with Crippen LogP contribution < -0.4 is 5.32 Å². The van der Waals surface area contributed by atoms with Gasteiger partial charge < -0.3 is 10.2 Å². The summed E-state index contributed by atoms with van der Waals surface area (Å²) in [6, 6.07) is 24.4. The first-order chi connectivity index (χ1) is 15.6. The lowest BCUT2D eigenvalue weighted by Crippen LogP contribution is -2.48. The van der Waals surface area contributed by atoms with E-state index in [9.17, 15) is 4.79 Å². The van der Waals surface area contributed by atoms with Crippen LogP contribution in [0.15, 0.2) is 77.3 Å². The molecular weight excluding hydrogens is 464 g/mol. The second-order valence-electron chi connectivity index (χ2n) is 8.30. The Labute approximate surface area is 198 Å². The van der Waals surface area contributed by atoms with Crippen molar-refractivity contribution in [2.24, 2.45) is 0 Å². The normalized spacial score (nSPS) is 14.8. The van der Waals surface area contributed by atoms with Gasteiger partial charge in [0.05, 0.1) is 17.9 Å². The van der Waals surface area contributed by atoms with Crippen molar-refractivity contribution in [3.63, 3.8) is 0 Å². The molecule has 0 saturated carbocycles. The molecule has 0 aliphatic carbocycles. The molecule has 3 aromatic rings. The molecule has 0 atom stereocenters. The van der Waals surface area contributed by atoms with Crippen LogP contribution in [-0.2, 0) is 13.1 Å². The lowest BCUT2D eigenvalue weighted by atomic mass is 10.0. The monoisotopic (exact) mass is 492 g/mol. The maximum atomic E-state index is 13.4. The van der Waals surface area contributed by atoms with E-state index in [2.05, 4.69) is 61.5 Å². The highest BCUT2D eigenvalue weighted by Crippen LogP contribution is 2.25. The number of nitrogens with zero attached hydrogens (tertiary/aromatic N) is 3. The summed E-state index contributed by atoms with van der Waals surface area (Å²) in [5.41, 5.74) is 3.99. The van der Waals surface area contributed by atoms with E-state index in [0.717, 1.165) is 54.0 Å². The molecule has 0 unspecified atom stereocenters. The van der Waals surface area contributed by atoms with Gasteiger partial charge in [-0.3, -0.25) is 9.88 Å². The Bertz CT molecular complexity index is 1030. The van der Waals surface area contributed by atoms with Gasteiger partial charge in [0.2, 0.25) is 0 Å². The van der Waals surface area contributed by atoms with Crippen molar-refractivity contribution in [3.8, 4) is 0 Å². The van der Waals surface area contributed by atoms with Crippen molar-refractivity contribution in [1.82, 2.24) is 14.8 Å². The Morgan fingerprint density at radius 1 is 1.03 bits per heavy atom. The van der Waals surface area contributed by atoms with Gasteiger partial charge >= 0.3 is 6.03 Å². The van der Waals surface area contributed by atoms with E-state index in [1.165, 1.54) is 5.56 Å². The van der Waals surface area contributed by atoms with Crippen LogP contribution in [0.1, 0.15) is 29.8 Å². The fourth-order valence-electron chi connectivity index (χ4n) is 4.21. The molecule has 1 aliphatic heterocycles. The van der Waals surface area contributed by atoms with E-state index in [1.807, 2.05) is 54.3 Å². The Morgan fingerprint density at radius 3 is 2.47 bits per heavy atom. The van der Waals surface area contributed by atoms with E-state index in [0.29, 0.717) is 6.54 Å². The second kappa shape index (κ2) is 10.7. The van der Waals surface area contributed by atoms with Crippen molar-refractivity contribution in [2.45, 2.75) is 38.9 Å². The van der Waals surface area contributed by atoms with Crippen LogP contribution >= 0.6 is 15.9 Å². The molecule has 1 fully saturated rings. The molecule has 1 aliphatic rings. The molecule has 32 heavy (non-hydrogen) atoms. The molecule has 6 heteroatoms. The lowest BCUT2D eigenvalue weighted by Gasteiger charge is -2.38. The highest BCUT2D eigenvalue weighted by Gasteiger charge is 2.29. The van der Waals surface area contributed by atoms with Gasteiger partial charge in [-0.1, -0.05) is 48.5 Å². The summed E-state index contributed by atoms with van der Waals surface area (Å²) in [5.74, 6) is 0. The average molecular weight is 493 g/mol. The first-order valence-corrected chi connectivity index (χ1v) is 11.9. The van der Waals surface area contributed by atoms with Gasteiger partial charge in [0.25, 0.3) is 0 Å². The van der Waals surface area contributed by atoms with Crippen molar-refractivity contribution in [3.05, 3.63) is 94.2 Å². The molecule has 2 aromatic carbocycles. The first kappa shape index (κ1) is 22.5. The number of halogens is 1. The van der Waals surface area contributed by atoms with Crippen LogP contribution in [0.2, 0.25) is 0 Å². The largest absolute Gasteiger partial charge is 0.322 e. The molecular formula is C26H29BrN4O. The van der Waals surface area contributed by atoms with Gasteiger partial charge in [-0.15, -0.1) is 0 Å². The summed E-state index contributed by atoms with van der Waals surface area (Å²) >= 11 is 3.53. The summed E-state index contributed by atoms with van der Waals surface area (Å²) in [6.07, 6.45) is 1.89. The molecule has 0 bridgehead atoms. The number of hydrogen-bond donors (Lipinski definition) is 1. The van der Waals surface area contributed by atoms with Crippen LogP contribution in [0.3, 0.4) is 0 Å². The topological polar surface area (TPSA) is 48.5 Å². The van der Waals surface area contributed by atoms with Gasteiger partial charge in [0.15, 0.2) is 0 Å². The van der Waals surface area contributed by atoms with Gasteiger partial charge in [-0.25, -0.2) is 4.79 Å². The van der Waals surface area contributed by atoms with Gasteiger partial charge in [0.1, 0.15) is 0 Å². The number of carbonyl (C=O) groups excluding carboxylic acids is 1. The zero-order valence-electron chi connectivity index (χ0n) is 18.4. The second-order valence-corrected chi connectivity index (χ2v) is 9.16. The smallest absolute Gasteiger partial charge is 0.316 e. The number of hydrogen-bond acceptors (Lipinski definition) is 3. The van der Waals surface area contributed by atoms with Crippen molar-refractivity contribution in [1.29, 1.82) is 0 Å². The molecule has 1 aromatic heterocycles. The molecule has 2 amide bonds. The summed E-state index contributed by atoms with van der Waals surface area (Å²) in [7, 11) is 0. The highest BCUT2D eigenvalue weighted by atomic mass is 79.9. The van der Waals surface area contributed by atoms with Crippen molar-refractivity contribution in [2.75, 3.05) is 18.4 Å². The minimum atomic E-state index is -0.0817. The Kier molecular flexibility index (Phi) is 7.55. The number of anilines is 1. The van der Waals surface area contributed by atoms with Gasteiger partial charge in [0, 0.05) is 35.8 Å². The Morgan fingerprint density at radius 2 is 1.75 bits per heavy atom. The van der Waals surface area contributed by atoms with E-state index in [-0.39, 0.29) is 12.1 Å². The maximum absolute atomic E-state index is 13.4. The minimum absolute atomic E-state index is 0.0817. The third kappa shape index (κ3) is 5.96. The molecule has 0 spiro atoms. The predicted octanol–water partition coefficient (Wildman–Crippen LogP) is 5.85. The zero-order valence-corrected chi connectivity index (χ0v) is 20.0. The molecule has 166 valence electrons. The number of urea groups is 1. The van der Waals surface area contributed by atoms with Crippen LogP contribution in [0.25, 0.3) is 0 Å². The minimum Gasteiger partial charge on any atom is -0.316 e. The average Bonchev–Trinajstić information content (AvgIpc) is 2.80. The van der Waals surface area contributed by atoms with Crippen LogP contribution in [-0.4, -0.2) is 39.9 Å². The Hall–Kier alpha value is -2.70.